The molecule has 0 aliphatic rings. The van der Waals surface area contributed by atoms with Crippen molar-refractivity contribution < 1.29 is 0 Å². The molecular weight excluding hydrogens is 340 g/mol. The second-order valence-electron chi connectivity index (χ2n) is 6.94. The lowest BCUT2D eigenvalue weighted by Crippen LogP contribution is -2.38. The molecule has 0 fully saturated rings. The number of hydrogen-bond donors (Lipinski definition) is 0. The van der Waals surface area contributed by atoms with Gasteiger partial charge < -0.3 is 0 Å². The van der Waals surface area contributed by atoms with Crippen molar-refractivity contribution >= 4 is 10.9 Å². The van der Waals surface area contributed by atoms with Crippen LogP contribution in [0, 0.1) is 0 Å². The molecule has 0 aliphatic carbocycles. The summed E-state index contributed by atoms with van der Waals surface area (Å²) in [7, 11) is 0. The summed E-state index contributed by atoms with van der Waals surface area (Å²) in [6, 6.07) is 40.2. The van der Waals surface area contributed by atoms with Crippen LogP contribution in [0.5, 0.6) is 0 Å². The topological polar surface area (TPSA) is 17.8 Å². The van der Waals surface area contributed by atoms with Gasteiger partial charge in [-0.1, -0.05) is 109 Å². The van der Waals surface area contributed by atoms with Crippen LogP contribution in [0.4, 0.5) is 0 Å². The summed E-state index contributed by atoms with van der Waals surface area (Å²) >= 11 is 0. The highest BCUT2D eigenvalue weighted by Gasteiger charge is 2.39. The summed E-state index contributed by atoms with van der Waals surface area (Å²) in [6.45, 7) is 0. The molecule has 28 heavy (non-hydrogen) atoms. The molecule has 0 spiro atoms. The van der Waals surface area contributed by atoms with Crippen LogP contribution in [-0.2, 0) is 5.54 Å². The quantitative estimate of drug-likeness (QED) is 0.366. The number of fused-ring (bicyclic) bond motifs is 1. The van der Waals surface area contributed by atoms with E-state index >= 15 is 0 Å². The van der Waals surface area contributed by atoms with Crippen molar-refractivity contribution in [2.75, 3.05) is 0 Å². The highest BCUT2D eigenvalue weighted by atomic mass is 15.3. The minimum Gasteiger partial charge on any atom is -0.252 e. The molecule has 2 nitrogen and oxygen atoms in total. The van der Waals surface area contributed by atoms with Crippen LogP contribution in [0.2, 0.25) is 0 Å². The molecule has 0 saturated heterocycles. The third-order valence-electron chi connectivity index (χ3n) is 5.33. The first-order valence-electron chi connectivity index (χ1n) is 9.50. The first kappa shape index (κ1) is 16.5. The highest BCUT2D eigenvalue weighted by Crippen LogP contribution is 2.40. The van der Waals surface area contributed by atoms with Crippen molar-refractivity contribution in [1.29, 1.82) is 0 Å². The minimum atomic E-state index is -0.553. The smallest absolute Gasteiger partial charge is 0.138 e. The maximum atomic E-state index is 5.03. The van der Waals surface area contributed by atoms with Gasteiger partial charge in [0.15, 0.2) is 0 Å². The van der Waals surface area contributed by atoms with Gasteiger partial charge in [0.05, 0.1) is 5.52 Å². The Morgan fingerprint density at radius 2 is 0.929 bits per heavy atom. The first-order valence-corrected chi connectivity index (χ1v) is 9.50. The van der Waals surface area contributed by atoms with Gasteiger partial charge in [-0.25, -0.2) is 0 Å². The molecule has 134 valence electrons. The lowest BCUT2D eigenvalue weighted by Gasteiger charge is -2.36. The predicted octanol–water partition coefficient (Wildman–Crippen LogP) is 5.88. The molecule has 4 aromatic carbocycles. The molecule has 1 heterocycles. The van der Waals surface area contributed by atoms with Crippen molar-refractivity contribution in [2.45, 2.75) is 5.54 Å². The Labute approximate surface area is 164 Å². The Kier molecular flexibility index (Phi) is 4.02. The van der Waals surface area contributed by atoms with Gasteiger partial charge in [-0.05, 0) is 22.8 Å². The maximum absolute atomic E-state index is 5.03. The van der Waals surface area contributed by atoms with E-state index in [4.69, 9.17) is 5.10 Å². The zero-order valence-corrected chi connectivity index (χ0v) is 15.4. The third kappa shape index (κ3) is 2.54. The summed E-state index contributed by atoms with van der Waals surface area (Å²) in [5.41, 5.74) is 3.98. The van der Waals surface area contributed by atoms with Gasteiger partial charge in [-0.15, -0.1) is 0 Å². The summed E-state index contributed by atoms with van der Waals surface area (Å²) in [4.78, 5) is 0. The number of nitrogens with zero attached hydrogens (tertiary/aromatic N) is 2. The van der Waals surface area contributed by atoms with Gasteiger partial charge in [0.2, 0.25) is 0 Å². The Balaban J connectivity index is 1.92. The Bertz CT molecular complexity index is 1060. The standard InChI is InChI=1S/C26H20N2/c1-4-13-22(14-5-1)26(23-15-6-2-7-16-23,24-17-8-3-9-18-24)28-20-21-12-10-11-19-25(21)27-28/h1-20H. The van der Waals surface area contributed by atoms with Gasteiger partial charge in [0.1, 0.15) is 5.54 Å². The van der Waals surface area contributed by atoms with Gasteiger partial charge in [0.25, 0.3) is 0 Å². The van der Waals surface area contributed by atoms with Gasteiger partial charge in [-0.2, -0.15) is 5.10 Å². The van der Waals surface area contributed by atoms with Crippen molar-refractivity contribution in [2.24, 2.45) is 0 Å². The van der Waals surface area contributed by atoms with Crippen LogP contribution >= 0.6 is 0 Å². The average Bonchev–Trinajstić information content (AvgIpc) is 3.21. The second kappa shape index (κ2) is 6.82. The Morgan fingerprint density at radius 3 is 1.39 bits per heavy atom. The van der Waals surface area contributed by atoms with Gasteiger partial charge in [0, 0.05) is 11.6 Å². The van der Waals surface area contributed by atoms with E-state index in [1.54, 1.807) is 0 Å². The molecule has 5 rings (SSSR count). The van der Waals surface area contributed by atoms with E-state index in [9.17, 15) is 0 Å². The summed E-state index contributed by atoms with van der Waals surface area (Å²) in [6.07, 6.45) is 2.16. The molecule has 2 heteroatoms. The van der Waals surface area contributed by atoms with Crippen molar-refractivity contribution in [3.63, 3.8) is 0 Å². The van der Waals surface area contributed by atoms with E-state index in [1.165, 1.54) is 16.7 Å². The Morgan fingerprint density at radius 1 is 0.500 bits per heavy atom. The van der Waals surface area contributed by atoms with Crippen molar-refractivity contribution in [3.05, 3.63) is 138 Å². The van der Waals surface area contributed by atoms with Crippen LogP contribution in [0.15, 0.2) is 121 Å². The van der Waals surface area contributed by atoms with E-state index in [0.29, 0.717) is 0 Å². The molecule has 0 N–H and O–H groups in total. The van der Waals surface area contributed by atoms with Gasteiger partial charge in [-0.3, -0.25) is 4.68 Å². The highest BCUT2D eigenvalue weighted by molar-refractivity contribution is 5.78. The summed E-state index contributed by atoms with van der Waals surface area (Å²) < 4.78 is 2.12. The molecule has 1 aromatic heterocycles. The first-order chi connectivity index (χ1) is 13.9. The lowest BCUT2D eigenvalue weighted by molar-refractivity contribution is 0.464. The molecule has 0 bridgehead atoms. The van der Waals surface area contributed by atoms with E-state index < -0.39 is 5.54 Å². The van der Waals surface area contributed by atoms with E-state index in [-0.39, 0.29) is 0 Å². The minimum absolute atomic E-state index is 0.553. The fourth-order valence-electron chi connectivity index (χ4n) is 4.07. The molecule has 0 unspecified atom stereocenters. The van der Waals surface area contributed by atoms with E-state index in [1.807, 2.05) is 6.07 Å². The van der Waals surface area contributed by atoms with Crippen molar-refractivity contribution in [3.8, 4) is 0 Å². The lowest BCUT2D eigenvalue weighted by atomic mass is 9.77. The fourth-order valence-corrected chi connectivity index (χ4v) is 4.07. The molecular formula is C26H20N2. The molecule has 5 aromatic rings. The molecule has 0 amide bonds. The Hall–Kier alpha value is -3.65. The molecule has 0 radical (unpaired) electrons. The summed E-state index contributed by atoms with van der Waals surface area (Å²) in [5, 5.41) is 6.16. The number of benzene rings is 4. The van der Waals surface area contributed by atoms with Crippen LogP contribution in [0.25, 0.3) is 10.9 Å². The third-order valence-corrected chi connectivity index (χ3v) is 5.33. The summed E-state index contributed by atoms with van der Waals surface area (Å²) in [5.74, 6) is 0. The molecule has 0 saturated carbocycles. The number of rotatable bonds is 4. The predicted molar refractivity (Wildman–Crippen MR) is 114 cm³/mol. The van der Waals surface area contributed by atoms with Crippen LogP contribution in [-0.4, -0.2) is 9.78 Å². The SMILES string of the molecule is c1ccc(C(c2ccccc2)(c2ccccc2)n2cc3ccccc3n2)cc1. The second-order valence-corrected chi connectivity index (χ2v) is 6.94. The zero-order chi connectivity index (χ0) is 18.8. The van der Waals surface area contributed by atoms with Crippen molar-refractivity contribution in [1.82, 2.24) is 9.78 Å². The van der Waals surface area contributed by atoms with Gasteiger partial charge >= 0.3 is 0 Å². The van der Waals surface area contributed by atoms with E-state index in [2.05, 4.69) is 120 Å². The van der Waals surface area contributed by atoms with E-state index in [0.717, 1.165) is 10.9 Å². The monoisotopic (exact) mass is 360 g/mol. The normalized spacial score (nSPS) is 11.6. The van der Waals surface area contributed by atoms with Crippen LogP contribution in [0.3, 0.4) is 0 Å². The largest absolute Gasteiger partial charge is 0.252 e. The number of hydrogen-bond acceptors (Lipinski definition) is 1. The molecule has 0 atom stereocenters. The molecule has 0 aliphatic heterocycles. The van der Waals surface area contributed by atoms with Crippen LogP contribution in [0.1, 0.15) is 16.7 Å². The number of aromatic nitrogens is 2. The average molecular weight is 360 g/mol. The fraction of sp³-hybridized carbons (Fsp3) is 0.0385. The van der Waals surface area contributed by atoms with Crippen LogP contribution < -0.4 is 0 Å². The maximum Gasteiger partial charge on any atom is 0.138 e. The zero-order valence-electron chi connectivity index (χ0n) is 15.4.